The van der Waals surface area contributed by atoms with Gasteiger partial charge in [0.15, 0.2) is 0 Å². The maximum atomic E-state index is 8.67. The van der Waals surface area contributed by atoms with Crippen molar-refractivity contribution in [3.63, 3.8) is 0 Å². The van der Waals surface area contributed by atoms with Crippen LogP contribution in [0.1, 0.15) is 6.42 Å². The lowest BCUT2D eigenvalue weighted by atomic mass is 10.2. The summed E-state index contributed by atoms with van der Waals surface area (Å²) in [5, 5.41) is 8.67. The van der Waals surface area contributed by atoms with E-state index in [-0.39, 0.29) is 6.61 Å². The number of aliphatic hydroxyl groups is 1. The second kappa shape index (κ2) is 5.48. The number of aliphatic hydroxyl groups excluding tert-OH is 1. The fourth-order valence-electron chi connectivity index (χ4n) is 1.35. The van der Waals surface area contributed by atoms with E-state index in [1.54, 1.807) is 0 Å². The minimum absolute atomic E-state index is 0.259. The minimum Gasteiger partial charge on any atom is -0.396 e. The SMILES string of the molecule is NCCN(CCCO)C1COC1. The highest BCUT2D eigenvalue weighted by Gasteiger charge is 2.24. The first-order valence-corrected chi connectivity index (χ1v) is 4.51. The highest BCUT2D eigenvalue weighted by Crippen LogP contribution is 2.09. The molecule has 1 heterocycles. The van der Waals surface area contributed by atoms with Crippen LogP contribution in [0.15, 0.2) is 0 Å². The Bertz CT molecular complexity index is 118. The van der Waals surface area contributed by atoms with Gasteiger partial charge < -0.3 is 15.6 Å². The Hall–Kier alpha value is -0.160. The predicted molar refractivity (Wildman–Crippen MR) is 46.9 cm³/mol. The van der Waals surface area contributed by atoms with Crippen molar-refractivity contribution in [1.82, 2.24) is 4.90 Å². The first-order valence-electron chi connectivity index (χ1n) is 4.51. The first kappa shape index (κ1) is 9.92. The van der Waals surface area contributed by atoms with E-state index >= 15 is 0 Å². The molecule has 4 heteroatoms. The Morgan fingerprint density at radius 3 is 2.58 bits per heavy atom. The highest BCUT2D eigenvalue weighted by atomic mass is 16.5. The zero-order valence-electron chi connectivity index (χ0n) is 7.41. The van der Waals surface area contributed by atoms with Gasteiger partial charge in [0.05, 0.1) is 19.3 Å². The van der Waals surface area contributed by atoms with Crippen LogP contribution in [0, 0.1) is 0 Å². The molecule has 0 spiro atoms. The van der Waals surface area contributed by atoms with Gasteiger partial charge in [-0.05, 0) is 6.42 Å². The molecule has 1 fully saturated rings. The third-order valence-electron chi connectivity index (χ3n) is 2.16. The molecule has 0 radical (unpaired) electrons. The first-order chi connectivity index (χ1) is 5.88. The summed E-state index contributed by atoms with van der Waals surface area (Å²) in [6.07, 6.45) is 0.830. The van der Waals surface area contributed by atoms with Crippen LogP contribution in [0.4, 0.5) is 0 Å². The molecule has 0 saturated carbocycles. The lowest BCUT2D eigenvalue weighted by Gasteiger charge is -2.37. The third-order valence-corrected chi connectivity index (χ3v) is 2.16. The molecular formula is C8H18N2O2. The van der Waals surface area contributed by atoms with Gasteiger partial charge >= 0.3 is 0 Å². The van der Waals surface area contributed by atoms with Crippen LogP contribution in [0.5, 0.6) is 0 Å². The maximum absolute atomic E-state index is 8.67. The summed E-state index contributed by atoms with van der Waals surface area (Å²) >= 11 is 0. The highest BCUT2D eigenvalue weighted by molar-refractivity contribution is 4.77. The molecule has 0 atom stereocenters. The molecule has 0 aromatic heterocycles. The van der Waals surface area contributed by atoms with Crippen molar-refractivity contribution in [1.29, 1.82) is 0 Å². The average molecular weight is 174 g/mol. The smallest absolute Gasteiger partial charge is 0.0645 e. The molecule has 0 aliphatic carbocycles. The molecule has 0 aromatic rings. The summed E-state index contributed by atoms with van der Waals surface area (Å²) in [5.41, 5.74) is 5.47. The molecule has 3 N–H and O–H groups in total. The quantitative estimate of drug-likeness (QED) is 0.544. The molecule has 1 aliphatic rings. The Morgan fingerprint density at radius 2 is 2.17 bits per heavy atom. The van der Waals surface area contributed by atoms with Crippen molar-refractivity contribution in [3.8, 4) is 0 Å². The Labute approximate surface area is 73.3 Å². The van der Waals surface area contributed by atoms with Gasteiger partial charge in [-0.3, -0.25) is 4.90 Å². The zero-order valence-corrected chi connectivity index (χ0v) is 7.41. The van der Waals surface area contributed by atoms with Crippen LogP contribution >= 0.6 is 0 Å². The Morgan fingerprint density at radius 1 is 1.42 bits per heavy atom. The van der Waals surface area contributed by atoms with Gasteiger partial charge in [-0.15, -0.1) is 0 Å². The van der Waals surface area contributed by atoms with Gasteiger partial charge in [-0.1, -0.05) is 0 Å². The van der Waals surface area contributed by atoms with E-state index in [0.29, 0.717) is 12.6 Å². The predicted octanol–water partition coefficient (Wildman–Crippen LogP) is -0.972. The van der Waals surface area contributed by atoms with Crippen LogP contribution in [-0.4, -0.2) is 55.5 Å². The topological polar surface area (TPSA) is 58.7 Å². The fraction of sp³-hybridized carbons (Fsp3) is 1.00. The van der Waals surface area contributed by atoms with E-state index in [2.05, 4.69) is 4.90 Å². The monoisotopic (exact) mass is 174 g/mol. The molecule has 0 amide bonds. The Balaban J connectivity index is 2.17. The lowest BCUT2D eigenvalue weighted by Crippen LogP contribution is -2.51. The molecule has 0 bridgehead atoms. The summed E-state index contributed by atoms with van der Waals surface area (Å²) in [5.74, 6) is 0. The number of nitrogens with two attached hydrogens (primary N) is 1. The summed E-state index contributed by atoms with van der Waals surface area (Å²) < 4.78 is 5.10. The third kappa shape index (κ3) is 2.71. The van der Waals surface area contributed by atoms with Gasteiger partial charge in [0, 0.05) is 26.2 Å². The molecule has 1 aliphatic heterocycles. The molecule has 0 aromatic carbocycles. The van der Waals surface area contributed by atoms with Crippen molar-refractivity contribution in [2.24, 2.45) is 5.73 Å². The molecule has 1 saturated heterocycles. The largest absolute Gasteiger partial charge is 0.396 e. The normalized spacial score (nSPS) is 18.2. The number of rotatable bonds is 6. The van der Waals surface area contributed by atoms with E-state index in [1.165, 1.54) is 0 Å². The Kier molecular flexibility index (Phi) is 4.53. The van der Waals surface area contributed by atoms with Gasteiger partial charge in [-0.2, -0.15) is 0 Å². The van der Waals surface area contributed by atoms with Gasteiger partial charge in [0.2, 0.25) is 0 Å². The molecule has 4 nitrogen and oxygen atoms in total. The van der Waals surface area contributed by atoms with Crippen LogP contribution < -0.4 is 5.73 Å². The van der Waals surface area contributed by atoms with Crippen LogP contribution in [0.2, 0.25) is 0 Å². The van der Waals surface area contributed by atoms with E-state index in [0.717, 1.165) is 32.7 Å². The summed E-state index contributed by atoms with van der Waals surface area (Å²) in [4.78, 5) is 2.29. The number of hydrogen-bond donors (Lipinski definition) is 2. The standard InChI is InChI=1S/C8H18N2O2/c9-2-4-10(3-1-5-11)8-6-12-7-8/h8,11H,1-7,9H2. The van der Waals surface area contributed by atoms with Crippen molar-refractivity contribution < 1.29 is 9.84 Å². The fourth-order valence-corrected chi connectivity index (χ4v) is 1.35. The van der Waals surface area contributed by atoms with Crippen LogP contribution in [0.3, 0.4) is 0 Å². The lowest BCUT2D eigenvalue weighted by molar-refractivity contribution is -0.0648. The van der Waals surface area contributed by atoms with Crippen molar-refractivity contribution in [3.05, 3.63) is 0 Å². The van der Waals surface area contributed by atoms with E-state index in [1.807, 2.05) is 0 Å². The minimum atomic E-state index is 0.259. The van der Waals surface area contributed by atoms with Crippen LogP contribution in [0.25, 0.3) is 0 Å². The number of nitrogens with zero attached hydrogens (tertiary/aromatic N) is 1. The van der Waals surface area contributed by atoms with Gasteiger partial charge in [-0.25, -0.2) is 0 Å². The maximum Gasteiger partial charge on any atom is 0.0645 e. The van der Waals surface area contributed by atoms with Gasteiger partial charge in [0.25, 0.3) is 0 Å². The van der Waals surface area contributed by atoms with E-state index in [9.17, 15) is 0 Å². The van der Waals surface area contributed by atoms with E-state index < -0.39 is 0 Å². The number of hydrogen-bond acceptors (Lipinski definition) is 4. The van der Waals surface area contributed by atoms with Crippen molar-refractivity contribution in [2.45, 2.75) is 12.5 Å². The second-order valence-electron chi connectivity index (χ2n) is 3.09. The van der Waals surface area contributed by atoms with Crippen molar-refractivity contribution >= 4 is 0 Å². The average Bonchev–Trinajstić information content (AvgIpc) is 1.97. The number of ether oxygens (including phenoxy) is 1. The molecule has 12 heavy (non-hydrogen) atoms. The summed E-state index contributed by atoms with van der Waals surface area (Å²) in [6.45, 7) is 4.43. The molecule has 1 rings (SSSR count). The van der Waals surface area contributed by atoms with Crippen LogP contribution in [-0.2, 0) is 4.74 Å². The zero-order chi connectivity index (χ0) is 8.81. The molecule has 0 unspecified atom stereocenters. The molecular weight excluding hydrogens is 156 g/mol. The molecule has 72 valence electrons. The van der Waals surface area contributed by atoms with Gasteiger partial charge in [0.1, 0.15) is 0 Å². The second-order valence-corrected chi connectivity index (χ2v) is 3.09. The van der Waals surface area contributed by atoms with E-state index in [4.69, 9.17) is 15.6 Å². The van der Waals surface area contributed by atoms with Crippen molar-refractivity contribution in [2.75, 3.05) is 39.5 Å². The summed E-state index contributed by atoms with van der Waals surface area (Å²) in [7, 11) is 0. The summed E-state index contributed by atoms with van der Waals surface area (Å²) in [6, 6.07) is 0.542.